The Morgan fingerprint density at radius 2 is 2.05 bits per heavy atom. The molecule has 3 N–H and O–H groups in total. The molecule has 116 valence electrons. The van der Waals surface area contributed by atoms with Crippen LogP contribution in [0.3, 0.4) is 0 Å². The number of rotatable bonds is 5. The molecule has 1 aromatic carbocycles. The molecule has 2 rings (SSSR count). The van der Waals surface area contributed by atoms with Crippen LogP contribution in [0.25, 0.3) is 0 Å². The van der Waals surface area contributed by atoms with Gasteiger partial charge in [0.15, 0.2) is 4.34 Å². The van der Waals surface area contributed by atoms with Gasteiger partial charge in [-0.2, -0.15) is 0 Å². The monoisotopic (exact) mass is 401 g/mol. The molecule has 0 spiro atoms. The molecule has 1 aromatic heterocycles. The fourth-order valence-electron chi connectivity index (χ4n) is 1.37. The number of nitrogens with one attached hydrogen (secondary N) is 3. The molecule has 0 unspecified atom stereocenters. The lowest BCUT2D eigenvalue weighted by Gasteiger charge is -2.07. The maximum absolute atomic E-state index is 11.9. The summed E-state index contributed by atoms with van der Waals surface area (Å²) in [5.41, 5.74) is 5.17. The summed E-state index contributed by atoms with van der Waals surface area (Å²) in [7, 11) is 1.75. The average Bonchev–Trinajstić information content (AvgIpc) is 2.99. The molecule has 0 saturated carbocycles. The zero-order valence-electron chi connectivity index (χ0n) is 11.4. The first-order valence-corrected chi connectivity index (χ1v) is 8.67. The molecule has 10 heteroatoms. The quantitative estimate of drug-likeness (QED) is 0.522. The summed E-state index contributed by atoms with van der Waals surface area (Å²) in [5.74, 6) is -0.583. The van der Waals surface area contributed by atoms with Crippen LogP contribution in [-0.4, -0.2) is 34.8 Å². The van der Waals surface area contributed by atoms with Crippen molar-refractivity contribution in [2.75, 3.05) is 18.1 Å². The molecule has 0 fully saturated rings. The largest absolute Gasteiger partial charge is 0.363 e. The van der Waals surface area contributed by atoms with Gasteiger partial charge in [0.1, 0.15) is 0 Å². The maximum atomic E-state index is 11.9. The van der Waals surface area contributed by atoms with Crippen LogP contribution in [0.4, 0.5) is 5.13 Å². The van der Waals surface area contributed by atoms with Crippen molar-refractivity contribution in [3.63, 3.8) is 0 Å². The molecule has 1 heterocycles. The molecule has 0 bridgehead atoms. The summed E-state index contributed by atoms with van der Waals surface area (Å²) in [5, 5.41) is 11.3. The number of hydrogen-bond donors (Lipinski definition) is 3. The summed E-state index contributed by atoms with van der Waals surface area (Å²) in [4.78, 5) is 23.6. The topological polar surface area (TPSA) is 96.0 Å². The highest BCUT2D eigenvalue weighted by Gasteiger charge is 2.11. The number of thioether (sulfide) groups is 1. The van der Waals surface area contributed by atoms with Crippen LogP contribution < -0.4 is 16.2 Å². The molecule has 0 aliphatic rings. The zero-order valence-corrected chi connectivity index (χ0v) is 14.6. The minimum absolute atomic E-state index is 0.134. The number of halogens is 1. The number of aromatic nitrogens is 2. The third kappa shape index (κ3) is 4.68. The van der Waals surface area contributed by atoms with E-state index in [0.717, 1.165) is 0 Å². The first-order chi connectivity index (χ1) is 10.6. The number of benzene rings is 1. The lowest BCUT2D eigenvalue weighted by molar-refractivity contribution is -0.119. The smallest absolute Gasteiger partial charge is 0.270 e. The highest BCUT2D eigenvalue weighted by atomic mass is 79.9. The minimum atomic E-state index is -0.390. The predicted molar refractivity (Wildman–Crippen MR) is 89.9 cm³/mol. The van der Waals surface area contributed by atoms with Crippen molar-refractivity contribution in [2.45, 2.75) is 4.34 Å². The number of carbonyl (C=O) groups excluding carboxylic acids is 2. The van der Waals surface area contributed by atoms with Gasteiger partial charge >= 0.3 is 0 Å². The van der Waals surface area contributed by atoms with Gasteiger partial charge in [-0.15, -0.1) is 10.2 Å². The molecular weight excluding hydrogens is 390 g/mol. The first-order valence-electron chi connectivity index (χ1n) is 6.08. The Morgan fingerprint density at radius 1 is 1.27 bits per heavy atom. The second-order valence-corrected chi connectivity index (χ2v) is 6.95. The van der Waals surface area contributed by atoms with E-state index in [4.69, 9.17) is 0 Å². The van der Waals surface area contributed by atoms with Gasteiger partial charge in [0.05, 0.1) is 11.3 Å². The summed E-state index contributed by atoms with van der Waals surface area (Å²) in [6.07, 6.45) is 0. The number of carbonyl (C=O) groups is 2. The second kappa shape index (κ2) is 8.11. The van der Waals surface area contributed by atoms with Gasteiger partial charge in [-0.05, 0) is 28.1 Å². The lowest BCUT2D eigenvalue weighted by atomic mass is 10.2. The van der Waals surface area contributed by atoms with E-state index >= 15 is 0 Å². The Hall–Kier alpha value is -1.65. The van der Waals surface area contributed by atoms with E-state index in [1.807, 2.05) is 0 Å². The maximum Gasteiger partial charge on any atom is 0.270 e. The van der Waals surface area contributed by atoms with Crippen molar-refractivity contribution in [2.24, 2.45) is 0 Å². The van der Waals surface area contributed by atoms with Crippen LogP contribution in [0.15, 0.2) is 33.1 Å². The van der Waals surface area contributed by atoms with Crippen LogP contribution in [-0.2, 0) is 4.79 Å². The molecule has 0 aliphatic heterocycles. The summed E-state index contributed by atoms with van der Waals surface area (Å²) < 4.78 is 1.33. The van der Waals surface area contributed by atoms with E-state index in [-0.39, 0.29) is 17.6 Å². The van der Waals surface area contributed by atoms with Gasteiger partial charge in [0, 0.05) is 11.5 Å². The molecule has 0 radical (unpaired) electrons. The summed E-state index contributed by atoms with van der Waals surface area (Å²) in [6, 6.07) is 6.95. The van der Waals surface area contributed by atoms with Crippen LogP contribution in [0, 0.1) is 0 Å². The van der Waals surface area contributed by atoms with E-state index in [1.165, 1.54) is 23.1 Å². The zero-order chi connectivity index (χ0) is 15.9. The van der Waals surface area contributed by atoms with Crippen LogP contribution >= 0.6 is 39.0 Å². The Morgan fingerprint density at radius 3 is 2.73 bits per heavy atom. The summed E-state index contributed by atoms with van der Waals surface area (Å²) in [6.45, 7) is 0. The lowest BCUT2D eigenvalue weighted by Crippen LogP contribution is -2.42. The van der Waals surface area contributed by atoms with Gasteiger partial charge in [-0.25, -0.2) is 0 Å². The Kier molecular flexibility index (Phi) is 6.16. The highest BCUT2D eigenvalue weighted by Crippen LogP contribution is 2.24. The first kappa shape index (κ1) is 16.7. The van der Waals surface area contributed by atoms with E-state index in [9.17, 15) is 9.59 Å². The predicted octanol–water partition coefficient (Wildman–Crippen LogP) is 1.90. The van der Waals surface area contributed by atoms with E-state index in [1.54, 1.807) is 31.3 Å². The van der Waals surface area contributed by atoms with Gasteiger partial charge in [0.2, 0.25) is 11.0 Å². The second-order valence-electron chi connectivity index (χ2n) is 3.89. The molecular formula is C12H12BrN5O2S2. The SMILES string of the molecule is CNc1nnc(SCC(=O)NNC(=O)c2ccccc2Br)s1. The van der Waals surface area contributed by atoms with Crippen molar-refractivity contribution in [3.8, 4) is 0 Å². The molecule has 0 saturated heterocycles. The van der Waals surface area contributed by atoms with Gasteiger partial charge < -0.3 is 5.32 Å². The molecule has 2 amide bonds. The fraction of sp³-hybridized carbons (Fsp3) is 0.167. The van der Waals surface area contributed by atoms with Crippen molar-refractivity contribution in [1.29, 1.82) is 0 Å². The summed E-state index contributed by atoms with van der Waals surface area (Å²) >= 11 is 5.88. The Labute approximate surface area is 143 Å². The van der Waals surface area contributed by atoms with E-state index in [0.29, 0.717) is 19.5 Å². The van der Waals surface area contributed by atoms with Crippen LogP contribution in [0.5, 0.6) is 0 Å². The van der Waals surface area contributed by atoms with E-state index < -0.39 is 0 Å². The van der Waals surface area contributed by atoms with Crippen molar-refractivity contribution in [3.05, 3.63) is 34.3 Å². The van der Waals surface area contributed by atoms with Gasteiger partial charge in [-0.3, -0.25) is 20.4 Å². The highest BCUT2D eigenvalue weighted by molar-refractivity contribution is 9.10. The number of hydrazine groups is 1. The molecule has 22 heavy (non-hydrogen) atoms. The molecule has 0 aliphatic carbocycles. The normalized spacial score (nSPS) is 10.1. The number of anilines is 1. The number of nitrogens with zero attached hydrogens (tertiary/aromatic N) is 2. The van der Waals surface area contributed by atoms with Crippen molar-refractivity contribution in [1.82, 2.24) is 21.0 Å². The van der Waals surface area contributed by atoms with E-state index in [2.05, 4.69) is 42.3 Å². The van der Waals surface area contributed by atoms with Crippen LogP contribution in [0.1, 0.15) is 10.4 Å². The Bertz CT molecular complexity index is 679. The van der Waals surface area contributed by atoms with Crippen molar-refractivity contribution < 1.29 is 9.59 Å². The number of amides is 2. The molecule has 0 atom stereocenters. The van der Waals surface area contributed by atoms with Gasteiger partial charge in [-0.1, -0.05) is 35.2 Å². The third-order valence-electron chi connectivity index (χ3n) is 2.38. The minimum Gasteiger partial charge on any atom is -0.363 e. The standard InChI is InChI=1S/C12H12BrN5O2S2/c1-14-11-17-18-12(22-11)21-6-9(19)15-16-10(20)7-4-2-3-5-8(7)13/h2-5H,6H2,1H3,(H,14,17)(H,15,19)(H,16,20). The molecule has 7 nitrogen and oxygen atoms in total. The number of hydrogen-bond acceptors (Lipinski definition) is 7. The van der Waals surface area contributed by atoms with Gasteiger partial charge in [0.25, 0.3) is 5.91 Å². The molecule has 2 aromatic rings. The van der Waals surface area contributed by atoms with Crippen molar-refractivity contribution >= 4 is 56.0 Å². The van der Waals surface area contributed by atoms with Crippen LogP contribution in [0.2, 0.25) is 0 Å². The average molecular weight is 402 g/mol. The third-order valence-corrected chi connectivity index (χ3v) is 5.15. The fourth-order valence-corrected chi connectivity index (χ4v) is 3.34. The Balaban J connectivity index is 1.78.